The Hall–Kier alpha value is -1.09. The average Bonchev–Trinajstić information content (AvgIpc) is 2.58. The molecular formula is C10H14N2O. The first-order chi connectivity index (χ1) is 6.42. The second kappa shape index (κ2) is 3.75. The lowest BCUT2D eigenvalue weighted by Gasteiger charge is -2.16. The molecule has 0 fully saturated rings. The molecule has 0 spiro atoms. The zero-order valence-electron chi connectivity index (χ0n) is 7.61. The SMILES string of the molecule is OCCCN1CCc2cccnc21. The summed E-state index contributed by atoms with van der Waals surface area (Å²) < 4.78 is 0. The summed E-state index contributed by atoms with van der Waals surface area (Å²) in [5.74, 6) is 1.11. The molecule has 1 aliphatic rings. The smallest absolute Gasteiger partial charge is 0.131 e. The minimum Gasteiger partial charge on any atom is -0.396 e. The summed E-state index contributed by atoms with van der Waals surface area (Å²) in [7, 11) is 0. The summed E-state index contributed by atoms with van der Waals surface area (Å²) in [6.45, 7) is 2.23. The van der Waals surface area contributed by atoms with Crippen molar-refractivity contribution in [3.63, 3.8) is 0 Å². The largest absolute Gasteiger partial charge is 0.396 e. The monoisotopic (exact) mass is 178 g/mol. The summed E-state index contributed by atoms with van der Waals surface area (Å²) in [6.07, 6.45) is 3.75. The number of anilines is 1. The lowest BCUT2D eigenvalue weighted by Crippen LogP contribution is -2.23. The maximum Gasteiger partial charge on any atom is 0.131 e. The van der Waals surface area contributed by atoms with E-state index in [1.54, 1.807) is 0 Å². The van der Waals surface area contributed by atoms with E-state index in [1.165, 1.54) is 5.56 Å². The molecule has 13 heavy (non-hydrogen) atoms. The second-order valence-electron chi connectivity index (χ2n) is 3.30. The number of pyridine rings is 1. The molecule has 3 nitrogen and oxygen atoms in total. The highest BCUT2D eigenvalue weighted by atomic mass is 16.3. The van der Waals surface area contributed by atoms with Crippen LogP contribution in [0.25, 0.3) is 0 Å². The first kappa shape index (κ1) is 8.51. The standard InChI is InChI=1S/C10H14N2O/c13-8-2-6-12-7-4-9-3-1-5-11-10(9)12/h1,3,5,13H,2,4,6-8H2. The van der Waals surface area contributed by atoms with E-state index in [2.05, 4.69) is 16.0 Å². The van der Waals surface area contributed by atoms with Crippen LogP contribution in [-0.4, -0.2) is 29.8 Å². The van der Waals surface area contributed by atoms with Crippen molar-refractivity contribution in [1.82, 2.24) is 4.98 Å². The molecule has 1 aromatic rings. The molecule has 0 saturated carbocycles. The van der Waals surface area contributed by atoms with Gasteiger partial charge >= 0.3 is 0 Å². The van der Waals surface area contributed by atoms with Gasteiger partial charge in [-0.2, -0.15) is 0 Å². The lowest BCUT2D eigenvalue weighted by molar-refractivity contribution is 0.289. The van der Waals surface area contributed by atoms with Crippen LogP contribution in [0.15, 0.2) is 18.3 Å². The van der Waals surface area contributed by atoms with Crippen LogP contribution in [0.2, 0.25) is 0 Å². The van der Waals surface area contributed by atoms with E-state index >= 15 is 0 Å². The van der Waals surface area contributed by atoms with Gasteiger partial charge in [0.2, 0.25) is 0 Å². The van der Waals surface area contributed by atoms with Gasteiger partial charge in [-0.15, -0.1) is 0 Å². The molecular weight excluding hydrogens is 164 g/mol. The van der Waals surface area contributed by atoms with Gasteiger partial charge in [-0.3, -0.25) is 0 Å². The third kappa shape index (κ3) is 1.65. The van der Waals surface area contributed by atoms with Gasteiger partial charge in [-0.05, 0) is 24.5 Å². The third-order valence-electron chi connectivity index (χ3n) is 2.40. The van der Waals surface area contributed by atoms with Crippen molar-refractivity contribution in [2.24, 2.45) is 0 Å². The zero-order valence-corrected chi connectivity index (χ0v) is 7.61. The van der Waals surface area contributed by atoms with Crippen LogP contribution >= 0.6 is 0 Å². The van der Waals surface area contributed by atoms with Crippen molar-refractivity contribution in [3.05, 3.63) is 23.9 Å². The van der Waals surface area contributed by atoms with Crippen LogP contribution in [0.4, 0.5) is 5.82 Å². The summed E-state index contributed by atoms with van der Waals surface area (Å²) >= 11 is 0. The summed E-state index contributed by atoms with van der Waals surface area (Å²) in [5, 5.41) is 8.73. The molecule has 1 N–H and O–H groups in total. The van der Waals surface area contributed by atoms with Crippen LogP contribution in [0.5, 0.6) is 0 Å². The van der Waals surface area contributed by atoms with Crippen molar-refractivity contribution in [1.29, 1.82) is 0 Å². The van der Waals surface area contributed by atoms with E-state index in [0.29, 0.717) is 0 Å². The highest BCUT2D eigenvalue weighted by Gasteiger charge is 2.18. The number of fused-ring (bicyclic) bond motifs is 1. The number of hydrogen-bond donors (Lipinski definition) is 1. The van der Waals surface area contributed by atoms with Crippen LogP contribution in [-0.2, 0) is 6.42 Å². The van der Waals surface area contributed by atoms with E-state index in [1.807, 2.05) is 12.3 Å². The molecule has 0 amide bonds. The quantitative estimate of drug-likeness (QED) is 0.744. The Morgan fingerprint density at radius 1 is 1.54 bits per heavy atom. The van der Waals surface area contributed by atoms with Gasteiger partial charge in [0.05, 0.1) is 0 Å². The summed E-state index contributed by atoms with van der Waals surface area (Å²) in [4.78, 5) is 6.58. The molecule has 0 aromatic carbocycles. The molecule has 0 radical (unpaired) electrons. The normalized spacial score (nSPS) is 14.7. The van der Waals surface area contributed by atoms with Gasteiger partial charge in [-0.25, -0.2) is 4.98 Å². The zero-order chi connectivity index (χ0) is 9.10. The van der Waals surface area contributed by atoms with Crippen LogP contribution in [0.1, 0.15) is 12.0 Å². The van der Waals surface area contributed by atoms with Crippen molar-refractivity contribution in [3.8, 4) is 0 Å². The average molecular weight is 178 g/mol. The molecule has 0 unspecified atom stereocenters. The van der Waals surface area contributed by atoms with Gasteiger partial charge < -0.3 is 10.0 Å². The minimum atomic E-state index is 0.263. The molecule has 2 heterocycles. The molecule has 3 heteroatoms. The fourth-order valence-corrected chi connectivity index (χ4v) is 1.75. The number of aliphatic hydroxyl groups is 1. The highest BCUT2D eigenvalue weighted by Crippen LogP contribution is 2.24. The number of aliphatic hydroxyl groups excluding tert-OH is 1. The van der Waals surface area contributed by atoms with Gasteiger partial charge in [0.25, 0.3) is 0 Å². The number of hydrogen-bond acceptors (Lipinski definition) is 3. The molecule has 70 valence electrons. The molecule has 1 aromatic heterocycles. The van der Waals surface area contributed by atoms with Crippen molar-refractivity contribution >= 4 is 5.82 Å². The predicted octanol–water partition coefficient (Wildman–Crippen LogP) is 0.826. The molecule has 1 aliphatic heterocycles. The van der Waals surface area contributed by atoms with Gasteiger partial charge in [0.15, 0.2) is 0 Å². The number of rotatable bonds is 3. The maximum atomic E-state index is 8.73. The van der Waals surface area contributed by atoms with E-state index in [9.17, 15) is 0 Å². The molecule has 0 aliphatic carbocycles. The minimum absolute atomic E-state index is 0.263. The fraction of sp³-hybridized carbons (Fsp3) is 0.500. The van der Waals surface area contributed by atoms with Gasteiger partial charge in [-0.1, -0.05) is 6.07 Å². The molecule has 0 saturated heterocycles. The Bertz CT molecular complexity index is 288. The molecule has 2 rings (SSSR count). The Morgan fingerprint density at radius 3 is 3.31 bits per heavy atom. The Kier molecular flexibility index (Phi) is 2.45. The topological polar surface area (TPSA) is 36.4 Å². The van der Waals surface area contributed by atoms with Crippen molar-refractivity contribution in [2.45, 2.75) is 12.8 Å². The Morgan fingerprint density at radius 2 is 2.46 bits per heavy atom. The molecule has 0 atom stereocenters. The van der Waals surface area contributed by atoms with Gasteiger partial charge in [0.1, 0.15) is 5.82 Å². The summed E-state index contributed by atoms with van der Waals surface area (Å²) in [5.41, 5.74) is 1.33. The van der Waals surface area contributed by atoms with Crippen molar-refractivity contribution in [2.75, 3.05) is 24.6 Å². The van der Waals surface area contributed by atoms with Crippen molar-refractivity contribution < 1.29 is 5.11 Å². The first-order valence-corrected chi connectivity index (χ1v) is 4.71. The van der Waals surface area contributed by atoms with Crippen LogP contribution in [0, 0.1) is 0 Å². The van der Waals surface area contributed by atoms with Crippen LogP contribution in [0.3, 0.4) is 0 Å². The van der Waals surface area contributed by atoms with E-state index in [4.69, 9.17) is 5.11 Å². The highest BCUT2D eigenvalue weighted by molar-refractivity contribution is 5.51. The lowest BCUT2D eigenvalue weighted by atomic mass is 10.2. The van der Waals surface area contributed by atoms with Gasteiger partial charge in [0, 0.05) is 25.9 Å². The van der Waals surface area contributed by atoms with E-state index < -0.39 is 0 Å². The molecule has 0 bridgehead atoms. The summed E-state index contributed by atoms with van der Waals surface area (Å²) in [6, 6.07) is 4.11. The maximum absolute atomic E-state index is 8.73. The number of aromatic nitrogens is 1. The first-order valence-electron chi connectivity index (χ1n) is 4.71. The second-order valence-corrected chi connectivity index (χ2v) is 3.30. The third-order valence-corrected chi connectivity index (χ3v) is 2.40. The fourth-order valence-electron chi connectivity index (χ4n) is 1.75. The Labute approximate surface area is 78.0 Å². The van der Waals surface area contributed by atoms with E-state index in [-0.39, 0.29) is 6.61 Å². The van der Waals surface area contributed by atoms with Crippen LogP contribution < -0.4 is 4.90 Å². The Balaban J connectivity index is 2.09. The predicted molar refractivity (Wildman–Crippen MR) is 51.9 cm³/mol. The van der Waals surface area contributed by atoms with E-state index in [0.717, 1.165) is 31.7 Å². The number of nitrogens with zero attached hydrogens (tertiary/aromatic N) is 2.